The molecule has 0 bridgehead atoms. The van der Waals surface area contributed by atoms with Crippen LogP contribution in [0.15, 0.2) is 58.3 Å². The monoisotopic (exact) mass is 674 g/mol. The Hall–Kier alpha value is -3.16. The first kappa shape index (κ1) is 33.2. The number of nitrogens with zero attached hydrogens (tertiary/aromatic N) is 2. The molecule has 0 aromatic heterocycles. The lowest BCUT2D eigenvalue weighted by Gasteiger charge is -2.33. The highest BCUT2D eigenvalue weighted by atomic mass is 35.5. The van der Waals surface area contributed by atoms with Crippen molar-refractivity contribution in [3.05, 3.63) is 75.8 Å². The van der Waals surface area contributed by atoms with Crippen LogP contribution in [0.25, 0.3) is 0 Å². The van der Waals surface area contributed by atoms with Gasteiger partial charge in [-0.2, -0.15) is 4.31 Å². The van der Waals surface area contributed by atoms with Crippen LogP contribution in [0.4, 0.5) is 17.1 Å². The molecular weight excluding hydrogens is 636 g/mol. The van der Waals surface area contributed by atoms with Crippen LogP contribution in [-0.4, -0.2) is 66.4 Å². The lowest BCUT2D eigenvalue weighted by atomic mass is 9.97. The van der Waals surface area contributed by atoms with Gasteiger partial charge in [0.05, 0.1) is 34.4 Å². The Morgan fingerprint density at radius 1 is 0.844 bits per heavy atom. The van der Waals surface area contributed by atoms with E-state index >= 15 is 0 Å². The molecule has 2 heterocycles. The van der Waals surface area contributed by atoms with Crippen LogP contribution in [0, 0.1) is 33.6 Å². The number of piperidine rings is 1. The average Bonchev–Trinajstić information content (AvgIpc) is 3.01. The van der Waals surface area contributed by atoms with Gasteiger partial charge >= 0.3 is 0 Å². The molecule has 0 saturated carbocycles. The zero-order valence-electron chi connectivity index (χ0n) is 25.9. The number of nitrogens with one attached hydrogen (secondary N) is 2. The van der Waals surface area contributed by atoms with Crippen LogP contribution in [-0.2, 0) is 29.6 Å². The Balaban J connectivity index is 1.35. The number of carbonyl (C=O) groups is 1. The molecule has 242 valence electrons. The van der Waals surface area contributed by atoms with Crippen LogP contribution in [0.5, 0.6) is 0 Å². The molecule has 2 N–H and O–H groups in total. The van der Waals surface area contributed by atoms with E-state index in [9.17, 15) is 21.6 Å². The summed E-state index contributed by atoms with van der Waals surface area (Å²) in [6.45, 7) is 10.1. The Morgan fingerprint density at radius 2 is 1.44 bits per heavy atom. The molecule has 2 aliphatic rings. The fourth-order valence-electron chi connectivity index (χ4n) is 5.88. The number of benzene rings is 3. The van der Waals surface area contributed by atoms with E-state index in [1.807, 2.05) is 38.7 Å². The van der Waals surface area contributed by atoms with Crippen molar-refractivity contribution < 1.29 is 26.4 Å². The van der Waals surface area contributed by atoms with E-state index in [4.69, 9.17) is 16.3 Å². The van der Waals surface area contributed by atoms with E-state index in [1.165, 1.54) is 16.4 Å². The summed E-state index contributed by atoms with van der Waals surface area (Å²) in [4.78, 5) is 16.0. The van der Waals surface area contributed by atoms with Crippen LogP contribution in [0.2, 0.25) is 5.02 Å². The van der Waals surface area contributed by atoms with Crippen molar-refractivity contribution in [1.29, 1.82) is 0 Å². The summed E-state index contributed by atoms with van der Waals surface area (Å²) >= 11 is 5.94. The van der Waals surface area contributed by atoms with E-state index in [-0.39, 0.29) is 23.9 Å². The molecule has 0 unspecified atom stereocenters. The molecule has 13 heteroatoms. The van der Waals surface area contributed by atoms with E-state index in [2.05, 4.69) is 10.0 Å². The Labute approximate surface area is 270 Å². The zero-order chi connectivity index (χ0) is 32.5. The molecule has 45 heavy (non-hydrogen) atoms. The van der Waals surface area contributed by atoms with Gasteiger partial charge in [-0.1, -0.05) is 17.7 Å². The largest absolute Gasteiger partial charge is 0.378 e. The van der Waals surface area contributed by atoms with Gasteiger partial charge in [0.15, 0.2) is 0 Å². The average molecular weight is 675 g/mol. The topological polar surface area (TPSA) is 125 Å². The number of halogens is 1. The summed E-state index contributed by atoms with van der Waals surface area (Å²) < 4.78 is 63.6. The molecule has 3 aromatic carbocycles. The summed E-state index contributed by atoms with van der Waals surface area (Å²) in [5, 5.41) is 3.46. The SMILES string of the molecule is Cc1cc(C)c(C)c(S(=O)(=O)N2CCC(C(=O)Nc3cc(S(=O)(=O)Nc4ccc(Cl)cc4)ccc3N3CCOCC3)CC2)c1C. The first-order valence-electron chi connectivity index (χ1n) is 14.9. The van der Waals surface area contributed by atoms with E-state index in [1.54, 1.807) is 30.3 Å². The Morgan fingerprint density at radius 3 is 2.04 bits per heavy atom. The van der Waals surface area contributed by atoms with Crippen molar-refractivity contribution in [3.8, 4) is 0 Å². The van der Waals surface area contributed by atoms with Gasteiger partial charge in [-0.3, -0.25) is 9.52 Å². The summed E-state index contributed by atoms with van der Waals surface area (Å²) in [6, 6.07) is 13.0. The van der Waals surface area contributed by atoms with Gasteiger partial charge in [0, 0.05) is 42.8 Å². The van der Waals surface area contributed by atoms with Crippen molar-refractivity contribution >= 4 is 54.6 Å². The number of anilines is 3. The molecule has 2 saturated heterocycles. The van der Waals surface area contributed by atoms with Crippen molar-refractivity contribution in [1.82, 2.24) is 4.31 Å². The number of morpholine rings is 1. The second-order valence-corrected chi connectivity index (χ2v) is 15.6. The lowest BCUT2D eigenvalue weighted by Crippen LogP contribution is -2.42. The second kappa shape index (κ2) is 13.3. The van der Waals surface area contributed by atoms with Gasteiger partial charge in [0.2, 0.25) is 15.9 Å². The number of aryl methyl sites for hydroxylation is 2. The Bertz CT molecular complexity index is 1770. The quantitative estimate of drug-likeness (QED) is 0.334. The summed E-state index contributed by atoms with van der Waals surface area (Å²) in [5.41, 5.74) is 4.76. The third-order valence-corrected chi connectivity index (χ3v) is 12.5. The van der Waals surface area contributed by atoms with Crippen molar-refractivity contribution in [3.63, 3.8) is 0 Å². The molecule has 5 rings (SSSR count). The number of carbonyl (C=O) groups excluding carboxylic acids is 1. The van der Waals surface area contributed by atoms with Gasteiger partial charge in [-0.25, -0.2) is 16.8 Å². The van der Waals surface area contributed by atoms with Crippen LogP contribution in [0.1, 0.15) is 35.1 Å². The van der Waals surface area contributed by atoms with Crippen LogP contribution >= 0.6 is 11.6 Å². The fourth-order valence-corrected chi connectivity index (χ4v) is 9.14. The highest BCUT2D eigenvalue weighted by molar-refractivity contribution is 7.92. The van der Waals surface area contributed by atoms with Crippen LogP contribution < -0.4 is 14.9 Å². The molecule has 2 aliphatic heterocycles. The van der Waals surface area contributed by atoms with Crippen molar-refractivity contribution in [2.24, 2.45) is 5.92 Å². The fraction of sp³-hybridized carbons (Fsp3) is 0.406. The first-order valence-corrected chi connectivity index (χ1v) is 18.2. The predicted octanol–water partition coefficient (Wildman–Crippen LogP) is 5.25. The van der Waals surface area contributed by atoms with Gasteiger partial charge in [-0.15, -0.1) is 0 Å². The van der Waals surface area contributed by atoms with Gasteiger partial charge in [0.1, 0.15) is 0 Å². The van der Waals surface area contributed by atoms with Gasteiger partial charge < -0.3 is 15.0 Å². The summed E-state index contributed by atoms with van der Waals surface area (Å²) in [5.74, 6) is -0.719. The van der Waals surface area contributed by atoms with Crippen molar-refractivity contribution in [2.75, 3.05) is 54.3 Å². The minimum Gasteiger partial charge on any atom is -0.378 e. The first-order chi connectivity index (χ1) is 21.3. The van der Waals surface area contributed by atoms with Gasteiger partial charge in [-0.05, 0) is 105 Å². The number of ether oxygens (including phenoxy) is 1. The number of hydrogen-bond donors (Lipinski definition) is 2. The predicted molar refractivity (Wildman–Crippen MR) is 177 cm³/mol. The van der Waals surface area contributed by atoms with Crippen molar-refractivity contribution in [2.45, 2.75) is 50.3 Å². The molecular formula is C32H39ClN4O6S2. The molecule has 10 nitrogen and oxygen atoms in total. The maximum absolute atomic E-state index is 13.7. The third kappa shape index (κ3) is 7.15. The number of rotatable bonds is 8. The van der Waals surface area contributed by atoms with Crippen LogP contribution in [0.3, 0.4) is 0 Å². The summed E-state index contributed by atoms with van der Waals surface area (Å²) in [7, 11) is -7.73. The number of amides is 1. The number of sulfonamides is 2. The second-order valence-electron chi connectivity index (χ2n) is 11.6. The smallest absolute Gasteiger partial charge is 0.261 e. The van der Waals surface area contributed by atoms with E-state index in [0.717, 1.165) is 22.3 Å². The standard InChI is InChI=1S/C32H39ClN4O6S2/c1-21-19-22(2)24(4)31(23(21)3)45(41,42)37-13-11-25(12-14-37)32(38)34-29-20-28(9-10-30(29)36-15-17-43-18-16-36)44(39,40)35-27-7-5-26(33)6-8-27/h5-10,19-20,25,35H,11-18H2,1-4H3,(H,34,38). The molecule has 2 fully saturated rings. The third-order valence-electron chi connectivity index (χ3n) is 8.70. The highest BCUT2D eigenvalue weighted by Gasteiger charge is 2.35. The van der Waals surface area contributed by atoms with Gasteiger partial charge in [0.25, 0.3) is 10.0 Å². The molecule has 1 amide bonds. The maximum Gasteiger partial charge on any atom is 0.261 e. The molecule has 0 radical (unpaired) electrons. The van der Waals surface area contributed by atoms with E-state index < -0.39 is 26.0 Å². The molecule has 0 aliphatic carbocycles. The highest BCUT2D eigenvalue weighted by Crippen LogP contribution is 2.34. The molecule has 3 aromatic rings. The lowest BCUT2D eigenvalue weighted by molar-refractivity contribution is -0.120. The molecule has 0 spiro atoms. The minimum absolute atomic E-state index is 0.00939. The van der Waals surface area contributed by atoms with E-state index in [0.29, 0.717) is 66.1 Å². The number of hydrogen-bond acceptors (Lipinski definition) is 7. The normalized spacial score (nSPS) is 16.9. The minimum atomic E-state index is -3.98. The summed E-state index contributed by atoms with van der Waals surface area (Å²) in [6.07, 6.45) is 0.688. The molecule has 0 atom stereocenters. The Kier molecular flexibility index (Phi) is 9.81. The zero-order valence-corrected chi connectivity index (χ0v) is 28.3. The maximum atomic E-state index is 13.7.